The molecule has 0 aliphatic rings. The summed E-state index contributed by atoms with van der Waals surface area (Å²) in [5.74, 6) is 1.26. The van der Waals surface area contributed by atoms with E-state index in [0.717, 1.165) is 10.9 Å². The highest BCUT2D eigenvalue weighted by Crippen LogP contribution is 2.26. The van der Waals surface area contributed by atoms with Crippen LogP contribution in [0, 0.1) is 0 Å². The van der Waals surface area contributed by atoms with Gasteiger partial charge in [0.2, 0.25) is 0 Å². The molecule has 3 aromatic rings. The first-order chi connectivity index (χ1) is 11.5. The average Bonchev–Trinajstić information content (AvgIpc) is 2.94. The summed E-state index contributed by atoms with van der Waals surface area (Å²) in [6, 6.07) is 12.8. The van der Waals surface area contributed by atoms with Gasteiger partial charge in [0.25, 0.3) is 0 Å². The van der Waals surface area contributed by atoms with Crippen LogP contribution < -0.4 is 9.47 Å². The molecule has 0 aliphatic carbocycles. The number of hydrogen-bond donors (Lipinski definition) is 1. The third-order valence-corrected chi connectivity index (χ3v) is 4.37. The van der Waals surface area contributed by atoms with Crippen molar-refractivity contribution in [2.24, 2.45) is 7.05 Å². The van der Waals surface area contributed by atoms with Crippen LogP contribution in [-0.2, 0) is 7.05 Å². The maximum Gasteiger partial charge on any atom is 0.122 e. The largest absolute Gasteiger partial charge is 0.491 e. The molecule has 4 nitrogen and oxygen atoms in total. The fraction of sp³-hybridized carbons (Fsp3) is 0.222. The number of benzene rings is 2. The van der Waals surface area contributed by atoms with Gasteiger partial charge in [-0.05, 0) is 36.4 Å². The van der Waals surface area contributed by atoms with Crippen LogP contribution in [0.2, 0.25) is 10.0 Å². The molecule has 0 fully saturated rings. The number of aryl methyl sites for hydroxylation is 1. The summed E-state index contributed by atoms with van der Waals surface area (Å²) in [6.45, 7) is 0.241. The average molecular weight is 366 g/mol. The summed E-state index contributed by atoms with van der Waals surface area (Å²) in [5, 5.41) is 12.0. The molecule has 0 saturated heterocycles. The van der Waals surface area contributed by atoms with Gasteiger partial charge >= 0.3 is 0 Å². The molecule has 0 aliphatic heterocycles. The van der Waals surface area contributed by atoms with E-state index in [-0.39, 0.29) is 13.2 Å². The monoisotopic (exact) mass is 365 g/mol. The number of aliphatic hydroxyl groups excluding tert-OH is 1. The Bertz CT molecular complexity index is 847. The number of aliphatic hydroxyl groups is 1. The van der Waals surface area contributed by atoms with Crippen LogP contribution in [-0.4, -0.2) is 29.0 Å². The first-order valence-electron chi connectivity index (χ1n) is 7.47. The zero-order chi connectivity index (χ0) is 17.1. The van der Waals surface area contributed by atoms with E-state index in [1.165, 1.54) is 0 Å². The molecule has 1 unspecified atom stereocenters. The Hall–Kier alpha value is -1.88. The van der Waals surface area contributed by atoms with E-state index in [1.807, 2.05) is 42.1 Å². The summed E-state index contributed by atoms with van der Waals surface area (Å²) in [5.41, 5.74) is 1.13. The van der Waals surface area contributed by atoms with Gasteiger partial charge in [-0.15, -0.1) is 0 Å². The standard InChI is InChI=1S/C18H17Cl2NO3/c1-21-7-6-12-8-14(3-5-18(12)21)23-10-13(22)11-24-15-2-4-16(19)17(20)9-15/h2-9,13,22H,10-11H2,1H3. The van der Waals surface area contributed by atoms with Crippen LogP contribution in [0.1, 0.15) is 0 Å². The summed E-state index contributed by atoms with van der Waals surface area (Å²) in [4.78, 5) is 0. The quantitative estimate of drug-likeness (QED) is 0.707. The van der Waals surface area contributed by atoms with Crippen LogP contribution in [0.4, 0.5) is 0 Å². The molecule has 1 aromatic heterocycles. The highest BCUT2D eigenvalue weighted by molar-refractivity contribution is 6.42. The minimum Gasteiger partial charge on any atom is -0.491 e. The van der Waals surface area contributed by atoms with Crippen LogP contribution >= 0.6 is 23.2 Å². The molecule has 1 N–H and O–H groups in total. The number of halogens is 2. The molecular formula is C18H17Cl2NO3. The Balaban J connectivity index is 1.52. The Morgan fingerprint density at radius 1 is 0.958 bits per heavy atom. The molecule has 6 heteroatoms. The van der Waals surface area contributed by atoms with Crippen molar-refractivity contribution >= 4 is 34.1 Å². The molecule has 24 heavy (non-hydrogen) atoms. The zero-order valence-electron chi connectivity index (χ0n) is 13.1. The van der Waals surface area contributed by atoms with E-state index in [1.54, 1.807) is 18.2 Å². The van der Waals surface area contributed by atoms with Gasteiger partial charge in [-0.2, -0.15) is 0 Å². The van der Waals surface area contributed by atoms with Crippen molar-refractivity contribution in [2.45, 2.75) is 6.10 Å². The lowest BCUT2D eigenvalue weighted by Crippen LogP contribution is -2.25. The molecule has 1 heterocycles. The molecule has 0 bridgehead atoms. The van der Waals surface area contributed by atoms with Crippen molar-refractivity contribution < 1.29 is 14.6 Å². The summed E-state index contributed by atoms with van der Waals surface area (Å²) in [7, 11) is 1.99. The van der Waals surface area contributed by atoms with Gasteiger partial charge < -0.3 is 19.1 Å². The third-order valence-electron chi connectivity index (χ3n) is 3.63. The Kier molecular flexibility index (Phi) is 5.19. The lowest BCUT2D eigenvalue weighted by Gasteiger charge is -2.14. The van der Waals surface area contributed by atoms with E-state index in [0.29, 0.717) is 21.5 Å². The van der Waals surface area contributed by atoms with Crippen molar-refractivity contribution in [3.63, 3.8) is 0 Å². The highest BCUT2D eigenvalue weighted by atomic mass is 35.5. The first kappa shape index (κ1) is 17.0. The van der Waals surface area contributed by atoms with E-state index in [9.17, 15) is 5.11 Å². The number of ether oxygens (including phenoxy) is 2. The minimum absolute atomic E-state index is 0.103. The molecular weight excluding hydrogens is 349 g/mol. The lowest BCUT2D eigenvalue weighted by atomic mass is 10.2. The van der Waals surface area contributed by atoms with E-state index in [4.69, 9.17) is 32.7 Å². The smallest absolute Gasteiger partial charge is 0.122 e. The predicted octanol–water partition coefficient (Wildman–Crippen LogP) is 4.30. The number of fused-ring (bicyclic) bond motifs is 1. The number of nitrogens with zero attached hydrogens (tertiary/aromatic N) is 1. The van der Waals surface area contributed by atoms with Crippen LogP contribution in [0.25, 0.3) is 10.9 Å². The van der Waals surface area contributed by atoms with Crippen molar-refractivity contribution in [2.75, 3.05) is 13.2 Å². The normalized spacial score (nSPS) is 12.3. The Labute approximate surface area is 150 Å². The minimum atomic E-state index is -0.758. The van der Waals surface area contributed by atoms with Crippen molar-refractivity contribution in [1.82, 2.24) is 4.57 Å². The topological polar surface area (TPSA) is 43.6 Å². The van der Waals surface area contributed by atoms with Gasteiger partial charge in [0.05, 0.1) is 10.0 Å². The summed E-state index contributed by atoms with van der Waals surface area (Å²) in [6.07, 6.45) is 1.24. The van der Waals surface area contributed by atoms with Gasteiger partial charge in [-0.1, -0.05) is 23.2 Å². The molecule has 3 rings (SSSR count). The maximum absolute atomic E-state index is 10.00. The van der Waals surface area contributed by atoms with Gasteiger partial charge in [-0.3, -0.25) is 0 Å². The maximum atomic E-state index is 10.00. The second-order valence-corrected chi connectivity index (χ2v) is 6.31. The molecule has 0 amide bonds. The molecule has 0 radical (unpaired) electrons. The van der Waals surface area contributed by atoms with Crippen molar-refractivity contribution in [3.8, 4) is 11.5 Å². The zero-order valence-corrected chi connectivity index (χ0v) is 14.6. The molecule has 2 aromatic carbocycles. The van der Waals surface area contributed by atoms with E-state index < -0.39 is 6.10 Å². The number of aromatic nitrogens is 1. The van der Waals surface area contributed by atoms with Crippen LogP contribution in [0.15, 0.2) is 48.7 Å². The van der Waals surface area contributed by atoms with E-state index in [2.05, 4.69) is 0 Å². The lowest BCUT2D eigenvalue weighted by molar-refractivity contribution is 0.0627. The summed E-state index contributed by atoms with van der Waals surface area (Å²) < 4.78 is 13.2. The SMILES string of the molecule is Cn1ccc2cc(OCC(O)COc3ccc(Cl)c(Cl)c3)ccc21. The Morgan fingerprint density at radius 2 is 1.62 bits per heavy atom. The highest BCUT2D eigenvalue weighted by Gasteiger charge is 2.09. The number of hydrogen-bond acceptors (Lipinski definition) is 3. The first-order valence-corrected chi connectivity index (χ1v) is 8.22. The summed E-state index contributed by atoms with van der Waals surface area (Å²) >= 11 is 11.8. The predicted molar refractivity (Wildman–Crippen MR) is 96.4 cm³/mol. The van der Waals surface area contributed by atoms with Gasteiger partial charge in [-0.25, -0.2) is 0 Å². The fourth-order valence-corrected chi connectivity index (χ4v) is 2.64. The van der Waals surface area contributed by atoms with Crippen LogP contribution in [0.3, 0.4) is 0 Å². The van der Waals surface area contributed by atoms with Gasteiger partial charge in [0.1, 0.15) is 30.8 Å². The fourth-order valence-electron chi connectivity index (χ4n) is 2.35. The Morgan fingerprint density at radius 3 is 2.33 bits per heavy atom. The molecule has 1 atom stereocenters. The molecule has 0 spiro atoms. The third kappa shape index (κ3) is 3.96. The van der Waals surface area contributed by atoms with Crippen molar-refractivity contribution in [1.29, 1.82) is 0 Å². The van der Waals surface area contributed by atoms with Gasteiger partial charge in [0, 0.05) is 30.2 Å². The van der Waals surface area contributed by atoms with Gasteiger partial charge in [0.15, 0.2) is 0 Å². The second-order valence-electron chi connectivity index (χ2n) is 5.50. The second kappa shape index (κ2) is 7.34. The van der Waals surface area contributed by atoms with Crippen LogP contribution in [0.5, 0.6) is 11.5 Å². The molecule has 0 saturated carbocycles. The number of rotatable bonds is 6. The van der Waals surface area contributed by atoms with E-state index >= 15 is 0 Å². The van der Waals surface area contributed by atoms with Crippen molar-refractivity contribution in [3.05, 3.63) is 58.7 Å². The molecule has 126 valence electrons.